The Labute approximate surface area is 97.1 Å². The maximum absolute atomic E-state index is 11.6. The number of rotatable bonds is 5. The monoisotopic (exact) mass is 230 g/mol. The van der Waals surface area contributed by atoms with E-state index in [-0.39, 0.29) is 30.6 Å². The molecule has 0 heterocycles. The van der Waals surface area contributed by atoms with E-state index >= 15 is 0 Å². The molecular formula is C11H22N2O3. The summed E-state index contributed by atoms with van der Waals surface area (Å²) in [6, 6.07) is 0. The molecule has 2 amide bonds. The Morgan fingerprint density at radius 3 is 2.31 bits per heavy atom. The lowest BCUT2D eigenvalue weighted by Crippen LogP contribution is -2.40. The first-order valence-electron chi connectivity index (χ1n) is 5.41. The van der Waals surface area contributed by atoms with Crippen LogP contribution in [0.25, 0.3) is 0 Å². The van der Waals surface area contributed by atoms with Crippen molar-refractivity contribution in [3.63, 3.8) is 0 Å². The molecule has 0 aromatic carbocycles. The Kier molecular flexibility index (Phi) is 6.03. The van der Waals surface area contributed by atoms with Crippen molar-refractivity contribution in [2.24, 2.45) is 0 Å². The van der Waals surface area contributed by atoms with Crippen LogP contribution in [0.2, 0.25) is 0 Å². The van der Waals surface area contributed by atoms with Gasteiger partial charge in [0.25, 0.3) is 0 Å². The maximum Gasteiger partial charge on any atom is 0.248 e. The van der Waals surface area contributed by atoms with Crippen molar-refractivity contribution in [1.82, 2.24) is 10.2 Å². The lowest BCUT2D eigenvalue weighted by Gasteiger charge is -2.22. The molecular weight excluding hydrogens is 208 g/mol. The van der Waals surface area contributed by atoms with Gasteiger partial charge in [0, 0.05) is 13.6 Å². The molecule has 0 aliphatic carbocycles. The van der Waals surface area contributed by atoms with Crippen molar-refractivity contribution < 1.29 is 14.3 Å². The largest absolute Gasteiger partial charge is 0.366 e. The Morgan fingerprint density at radius 1 is 1.31 bits per heavy atom. The highest BCUT2D eigenvalue weighted by molar-refractivity contribution is 5.85. The van der Waals surface area contributed by atoms with E-state index in [2.05, 4.69) is 5.32 Å². The third-order valence-electron chi connectivity index (χ3n) is 1.81. The summed E-state index contributed by atoms with van der Waals surface area (Å²) in [7, 11) is 1.59. The molecule has 0 aliphatic rings. The van der Waals surface area contributed by atoms with Gasteiger partial charge in [-0.1, -0.05) is 0 Å². The fraction of sp³-hybridized carbons (Fsp3) is 0.818. The number of nitrogens with one attached hydrogen (secondary N) is 1. The molecule has 0 aromatic rings. The van der Waals surface area contributed by atoms with Crippen molar-refractivity contribution in [3.05, 3.63) is 0 Å². The average molecular weight is 230 g/mol. The minimum absolute atomic E-state index is 0.000590. The fourth-order valence-electron chi connectivity index (χ4n) is 0.945. The van der Waals surface area contributed by atoms with Crippen LogP contribution in [0.5, 0.6) is 0 Å². The number of hydrogen-bond acceptors (Lipinski definition) is 3. The normalized spacial score (nSPS) is 11.1. The molecule has 0 saturated heterocycles. The van der Waals surface area contributed by atoms with E-state index < -0.39 is 0 Å². The zero-order chi connectivity index (χ0) is 12.8. The molecule has 0 rings (SSSR count). The van der Waals surface area contributed by atoms with Crippen LogP contribution in [0.1, 0.15) is 27.7 Å². The summed E-state index contributed by atoms with van der Waals surface area (Å²) in [5.41, 5.74) is -0.345. The van der Waals surface area contributed by atoms with Crippen LogP contribution in [0.4, 0.5) is 0 Å². The average Bonchev–Trinajstić information content (AvgIpc) is 2.13. The topological polar surface area (TPSA) is 58.6 Å². The van der Waals surface area contributed by atoms with E-state index in [4.69, 9.17) is 4.74 Å². The number of likely N-dealkylation sites (N-methyl/N-ethyl adjacent to an activating group) is 2. The number of nitrogens with zero attached hydrogens (tertiary/aromatic N) is 1. The molecule has 1 N–H and O–H groups in total. The first kappa shape index (κ1) is 14.9. The van der Waals surface area contributed by atoms with Gasteiger partial charge in [0.1, 0.15) is 6.61 Å². The van der Waals surface area contributed by atoms with Gasteiger partial charge in [0.2, 0.25) is 11.8 Å². The van der Waals surface area contributed by atoms with Gasteiger partial charge in [0.05, 0.1) is 12.1 Å². The molecule has 5 nitrogen and oxygen atoms in total. The number of amides is 2. The molecule has 0 atom stereocenters. The number of carbonyl (C=O) groups excluding carboxylic acids is 2. The zero-order valence-corrected chi connectivity index (χ0v) is 10.8. The smallest absolute Gasteiger partial charge is 0.248 e. The predicted molar refractivity (Wildman–Crippen MR) is 62.0 cm³/mol. The molecule has 0 aromatic heterocycles. The first-order valence-corrected chi connectivity index (χ1v) is 5.41. The highest BCUT2D eigenvalue weighted by Gasteiger charge is 2.16. The number of hydrogen-bond donors (Lipinski definition) is 1. The SMILES string of the molecule is CCNC(=O)CN(C)C(=O)COC(C)(C)C. The minimum atomic E-state index is -0.345. The second-order valence-electron chi connectivity index (χ2n) is 4.60. The molecule has 0 bridgehead atoms. The lowest BCUT2D eigenvalue weighted by molar-refractivity contribution is -0.142. The molecule has 0 unspecified atom stereocenters. The van der Waals surface area contributed by atoms with Crippen molar-refractivity contribution in [2.75, 3.05) is 26.7 Å². The van der Waals surface area contributed by atoms with Crippen LogP contribution >= 0.6 is 0 Å². The lowest BCUT2D eigenvalue weighted by atomic mass is 10.2. The highest BCUT2D eigenvalue weighted by Crippen LogP contribution is 2.06. The van der Waals surface area contributed by atoms with Gasteiger partial charge in [-0.15, -0.1) is 0 Å². The predicted octanol–water partition coefficient (Wildman–Crippen LogP) is 0.396. The van der Waals surface area contributed by atoms with Crippen molar-refractivity contribution in [3.8, 4) is 0 Å². The Bertz CT molecular complexity index is 246. The van der Waals surface area contributed by atoms with Crippen molar-refractivity contribution in [2.45, 2.75) is 33.3 Å². The molecule has 5 heteroatoms. The minimum Gasteiger partial charge on any atom is -0.366 e. The zero-order valence-electron chi connectivity index (χ0n) is 10.8. The van der Waals surface area contributed by atoms with Gasteiger partial charge in [-0.3, -0.25) is 9.59 Å². The van der Waals surface area contributed by atoms with Crippen molar-refractivity contribution in [1.29, 1.82) is 0 Å². The maximum atomic E-state index is 11.6. The summed E-state index contributed by atoms with van der Waals surface area (Å²) in [6.45, 7) is 8.11. The van der Waals surface area contributed by atoms with Gasteiger partial charge in [-0.2, -0.15) is 0 Å². The second kappa shape index (κ2) is 6.48. The van der Waals surface area contributed by atoms with Crippen LogP contribution in [0, 0.1) is 0 Å². The van der Waals surface area contributed by atoms with Crippen LogP contribution in [-0.4, -0.2) is 49.1 Å². The van der Waals surface area contributed by atoms with Gasteiger partial charge in [0.15, 0.2) is 0 Å². The van der Waals surface area contributed by atoms with E-state index in [1.54, 1.807) is 7.05 Å². The van der Waals surface area contributed by atoms with Gasteiger partial charge in [-0.25, -0.2) is 0 Å². The molecule has 0 radical (unpaired) electrons. The summed E-state index contributed by atoms with van der Waals surface area (Å²) in [4.78, 5) is 24.1. The molecule has 94 valence electrons. The van der Waals surface area contributed by atoms with Gasteiger partial charge in [-0.05, 0) is 27.7 Å². The van der Waals surface area contributed by atoms with E-state index in [0.717, 1.165) is 0 Å². The quantitative estimate of drug-likeness (QED) is 0.743. The van der Waals surface area contributed by atoms with Crippen LogP contribution in [0.3, 0.4) is 0 Å². The molecule has 0 aliphatic heterocycles. The summed E-state index contributed by atoms with van der Waals surface area (Å²) < 4.78 is 5.33. The van der Waals surface area contributed by atoms with Crippen molar-refractivity contribution >= 4 is 11.8 Å². The Balaban J connectivity index is 3.95. The van der Waals surface area contributed by atoms with Crippen LogP contribution in [0.15, 0.2) is 0 Å². The van der Waals surface area contributed by atoms with Crippen LogP contribution < -0.4 is 5.32 Å². The third-order valence-corrected chi connectivity index (χ3v) is 1.81. The Hall–Kier alpha value is -1.10. The van der Waals surface area contributed by atoms with Crippen LogP contribution in [-0.2, 0) is 14.3 Å². The van der Waals surface area contributed by atoms with E-state index in [9.17, 15) is 9.59 Å². The first-order chi connectivity index (χ1) is 7.26. The van der Waals surface area contributed by atoms with E-state index in [0.29, 0.717) is 6.54 Å². The highest BCUT2D eigenvalue weighted by atomic mass is 16.5. The third kappa shape index (κ3) is 7.23. The molecule has 0 saturated carbocycles. The summed E-state index contributed by atoms with van der Waals surface area (Å²) in [6.07, 6.45) is 0. The summed E-state index contributed by atoms with van der Waals surface area (Å²) in [5.74, 6) is -0.352. The second-order valence-corrected chi connectivity index (χ2v) is 4.60. The number of ether oxygens (including phenoxy) is 1. The van der Waals surface area contributed by atoms with Gasteiger partial charge >= 0.3 is 0 Å². The molecule has 0 spiro atoms. The number of carbonyl (C=O) groups is 2. The standard InChI is InChI=1S/C11H22N2O3/c1-6-12-9(14)7-13(5)10(15)8-16-11(2,3)4/h6-8H2,1-5H3,(H,12,14). The van der Waals surface area contributed by atoms with E-state index in [1.807, 2.05) is 27.7 Å². The Morgan fingerprint density at radius 2 is 1.88 bits per heavy atom. The summed E-state index contributed by atoms with van der Waals surface area (Å²) in [5, 5.41) is 2.63. The molecule has 0 fully saturated rings. The van der Waals surface area contributed by atoms with Gasteiger partial charge < -0.3 is 15.0 Å². The summed E-state index contributed by atoms with van der Waals surface area (Å²) >= 11 is 0. The van der Waals surface area contributed by atoms with E-state index in [1.165, 1.54) is 4.90 Å². The fourth-order valence-corrected chi connectivity index (χ4v) is 0.945. The molecule has 16 heavy (non-hydrogen) atoms.